The Balaban J connectivity index is 0.00000289. The van der Waals surface area contributed by atoms with E-state index < -0.39 is 0 Å². The molecule has 3 aromatic rings. The van der Waals surface area contributed by atoms with Crippen molar-refractivity contribution in [2.45, 2.75) is 46.0 Å². The second kappa shape index (κ2) is 9.74. The Hall–Kier alpha value is -3.20. The van der Waals surface area contributed by atoms with Crippen LogP contribution in [-0.4, -0.2) is 17.6 Å². The van der Waals surface area contributed by atoms with E-state index in [1.807, 2.05) is 19.1 Å². The second-order valence-electron chi connectivity index (χ2n) is 8.08. The highest BCUT2D eigenvalue weighted by Gasteiger charge is 2.21. The third-order valence-electron chi connectivity index (χ3n) is 5.91. The fourth-order valence-electron chi connectivity index (χ4n) is 4.31. The summed E-state index contributed by atoms with van der Waals surface area (Å²) >= 11 is 0. The summed E-state index contributed by atoms with van der Waals surface area (Å²) in [5, 5.41) is 0. The van der Waals surface area contributed by atoms with Crippen LogP contribution < -0.4 is 0 Å². The molecular weight excluding hydrogens is 382 g/mol. The first-order valence-corrected chi connectivity index (χ1v) is 11.2. The third kappa shape index (κ3) is 4.93. The molecule has 0 amide bonds. The smallest absolute Gasteiger partial charge is 0.356 e. The van der Waals surface area contributed by atoms with Crippen LogP contribution in [0.1, 0.15) is 66.0 Å². The molecule has 0 saturated heterocycles. The zero-order chi connectivity index (χ0) is 21.6. The molecule has 0 aliphatic heterocycles. The maximum Gasteiger partial charge on any atom is 0.356 e. The van der Waals surface area contributed by atoms with Gasteiger partial charge in [-0.2, -0.15) is 0 Å². The molecule has 0 atom stereocenters. The highest BCUT2D eigenvalue weighted by molar-refractivity contribution is 5.94. The number of rotatable bonds is 7. The molecule has 1 aliphatic rings. The second-order valence-corrected chi connectivity index (χ2v) is 8.08. The van der Waals surface area contributed by atoms with E-state index in [0.717, 1.165) is 37.8 Å². The van der Waals surface area contributed by atoms with E-state index in [-0.39, 0.29) is 7.40 Å². The molecule has 1 heterocycles. The average Bonchev–Trinajstić information content (AvgIpc) is 3.29. The van der Waals surface area contributed by atoms with Crippen LogP contribution in [-0.2, 0) is 17.6 Å². The van der Waals surface area contributed by atoms with Crippen molar-refractivity contribution in [1.29, 1.82) is 0 Å². The maximum absolute atomic E-state index is 12.2. The number of pyridine rings is 1. The number of hydrogen-bond acceptors (Lipinski definition) is 3. The minimum absolute atomic E-state index is 0. The van der Waals surface area contributed by atoms with Crippen LogP contribution in [0.3, 0.4) is 0 Å². The molecule has 31 heavy (non-hydrogen) atoms. The van der Waals surface area contributed by atoms with Crippen molar-refractivity contribution < 1.29 is 11.0 Å². The summed E-state index contributed by atoms with van der Waals surface area (Å²) in [4.78, 5) is 16.8. The van der Waals surface area contributed by atoms with Gasteiger partial charge in [-0.05, 0) is 85.9 Å². The molecule has 0 unspecified atom stereocenters. The first-order valence-electron chi connectivity index (χ1n) is 11.2. The van der Waals surface area contributed by atoms with Crippen molar-refractivity contribution in [2.24, 2.45) is 0 Å². The van der Waals surface area contributed by atoms with Gasteiger partial charge in [-0.3, -0.25) is 0 Å². The molecule has 0 bridgehead atoms. The van der Waals surface area contributed by atoms with E-state index in [4.69, 9.17) is 4.74 Å². The monoisotopic (exact) mass is 413 g/mol. The van der Waals surface area contributed by atoms with Gasteiger partial charge in [0, 0.05) is 1.43 Å². The zero-order valence-electron chi connectivity index (χ0n) is 18.4. The summed E-state index contributed by atoms with van der Waals surface area (Å²) in [7, 11) is 0. The van der Waals surface area contributed by atoms with Gasteiger partial charge in [-0.15, -0.1) is 0 Å². The predicted molar refractivity (Wildman–Crippen MR) is 128 cm³/mol. The lowest BCUT2D eigenvalue weighted by Crippen LogP contribution is -2.08. The Bertz CT molecular complexity index is 1100. The summed E-state index contributed by atoms with van der Waals surface area (Å²) in [6.07, 6.45) is 5.17. The standard InChI is InChI=1S/C28H29NO2.H2/c1-3-31-28(30)27-13-7-12-26(29-27)25-11-6-10-24(25)23-9-5-4-8-22(23)19-18-21-16-14-20(2)15-17-21;/h4-5,7-9,12-17H,3,6,10-11,18-19H2,1-2H3;1H. The molecule has 0 N–H and O–H groups in total. The van der Waals surface area contributed by atoms with Gasteiger partial charge < -0.3 is 4.74 Å². The van der Waals surface area contributed by atoms with Crippen molar-refractivity contribution in [1.82, 2.24) is 4.98 Å². The Kier molecular flexibility index (Phi) is 6.61. The molecule has 0 fully saturated rings. The van der Waals surface area contributed by atoms with E-state index in [1.54, 1.807) is 6.07 Å². The average molecular weight is 414 g/mol. The van der Waals surface area contributed by atoms with E-state index in [2.05, 4.69) is 60.4 Å². The van der Waals surface area contributed by atoms with Gasteiger partial charge in [0.2, 0.25) is 0 Å². The molecule has 3 heteroatoms. The van der Waals surface area contributed by atoms with Crippen molar-refractivity contribution in [3.63, 3.8) is 0 Å². The number of aromatic nitrogens is 1. The number of hydrogen-bond donors (Lipinski definition) is 0. The fourth-order valence-corrected chi connectivity index (χ4v) is 4.31. The molecule has 4 rings (SSSR count). The number of nitrogens with zero attached hydrogens (tertiary/aromatic N) is 1. The number of esters is 1. The largest absolute Gasteiger partial charge is 0.461 e. The fraction of sp³-hybridized carbons (Fsp3) is 0.286. The number of allylic oxidation sites excluding steroid dienone is 2. The van der Waals surface area contributed by atoms with E-state index in [0.29, 0.717) is 12.3 Å². The molecule has 160 valence electrons. The molecule has 1 aromatic heterocycles. The summed E-state index contributed by atoms with van der Waals surface area (Å²) in [6.45, 7) is 4.29. The predicted octanol–water partition coefficient (Wildman–Crippen LogP) is 6.69. The van der Waals surface area contributed by atoms with Gasteiger partial charge in [-0.1, -0.05) is 60.2 Å². The van der Waals surface area contributed by atoms with Crippen LogP contribution in [0.25, 0.3) is 11.1 Å². The van der Waals surface area contributed by atoms with Gasteiger partial charge in [0.05, 0.1) is 12.3 Å². The minimum Gasteiger partial charge on any atom is -0.461 e. The summed E-state index contributed by atoms with van der Waals surface area (Å²) in [6, 6.07) is 23.2. The van der Waals surface area contributed by atoms with E-state index in [1.165, 1.54) is 33.4 Å². The Morgan fingerprint density at radius 2 is 1.71 bits per heavy atom. The van der Waals surface area contributed by atoms with Crippen molar-refractivity contribution in [3.05, 3.63) is 100 Å². The van der Waals surface area contributed by atoms with Gasteiger partial charge in [0.15, 0.2) is 0 Å². The molecule has 2 aromatic carbocycles. The van der Waals surface area contributed by atoms with Gasteiger partial charge in [-0.25, -0.2) is 9.78 Å². The Morgan fingerprint density at radius 3 is 2.52 bits per heavy atom. The maximum atomic E-state index is 12.2. The van der Waals surface area contributed by atoms with Crippen molar-refractivity contribution >= 4 is 17.1 Å². The summed E-state index contributed by atoms with van der Waals surface area (Å²) in [5.41, 5.74) is 9.26. The van der Waals surface area contributed by atoms with E-state index in [9.17, 15) is 4.79 Å². The van der Waals surface area contributed by atoms with Crippen molar-refractivity contribution in [2.75, 3.05) is 6.61 Å². The number of ether oxygens (including phenoxy) is 1. The number of benzene rings is 2. The molecular formula is C28H31NO2. The summed E-state index contributed by atoms with van der Waals surface area (Å²) < 4.78 is 5.14. The minimum atomic E-state index is -0.358. The first kappa shape index (κ1) is 21.0. The highest BCUT2D eigenvalue weighted by Crippen LogP contribution is 2.40. The number of carbonyl (C=O) groups excluding carboxylic acids is 1. The molecule has 1 aliphatic carbocycles. The normalized spacial score (nSPS) is 13.5. The Labute approximate surface area is 186 Å². The van der Waals surface area contributed by atoms with Gasteiger partial charge >= 0.3 is 5.97 Å². The lowest BCUT2D eigenvalue weighted by Gasteiger charge is -2.14. The first-order chi connectivity index (χ1) is 15.2. The van der Waals surface area contributed by atoms with Gasteiger partial charge in [0.25, 0.3) is 0 Å². The van der Waals surface area contributed by atoms with Crippen LogP contribution in [0.5, 0.6) is 0 Å². The molecule has 3 nitrogen and oxygen atoms in total. The SMILES string of the molecule is CCOC(=O)c1cccc(C2=C(c3ccccc3CCc3ccc(C)cc3)CCC2)n1.[HH]. The quantitative estimate of drug-likeness (QED) is 0.405. The third-order valence-corrected chi connectivity index (χ3v) is 5.91. The van der Waals surface area contributed by atoms with Crippen molar-refractivity contribution in [3.8, 4) is 0 Å². The van der Waals surface area contributed by atoms with Crippen LogP contribution in [0.15, 0.2) is 66.7 Å². The van der Waals surface area contributed by atoms with Crippen LogP contribution in [0, 0.1) is 6.92 Å². The topological polar surface area (TPSA) is 39.2 Å². The van der Waals surface area contributed by atoms with Crippen LogP contribution >= 0.6 is 0 Å². The molecule has 0 radical (unpaired) electrons. The van der Waals surface area contributed by atoms with E-state index >= 15 is 0 Å². The lowest BCUT2D eigenvalue weighted by atomic mass is 9.92. The van der Waals surface area contributed by atoms with Crippen LogP contribution in [0.2, 0.25) is 0 Å². The molecule has 0 saturated carbocycles. The van der Waals surface area contributed by atoms with Crippen LogP contribution in [0.4, 0.5) is 0 Å². The number of carbonyl (C=O) groups is 1. The molecule has 0 spiro atoms. The van der Waals surface area contributed by atoms with Gasteiger partial charge in [0.1, 0.15) is 5.69 Å². The number of aryl methyl sites for hydroxylation is 3. The zero-order valence-corrected chi connectivity index (χ0v) is 18.4. The Morgan fingerprint density at radius 1 is 0.935 bits per heavy atom. The lowest BCUT2D eigenvalue weighted by molar-refractivity contribution is 0.0519. The highest BCUT2D eigenvalue weighted by atomic mass is 16.5. The summed E-state index contributed by atoms with van der Waals surface area (Å²) in [5.74, 6) is -0.358.